The van der Waals surface area contributed by atoms with Gasteiger partial charge in [0.05, 0.1) is 22.2 Å². The fourth-order valence-electron chi connectivity index (χ4n) is 1.48. The van der Waals surface area contributed by atoms with Crippen LogP contribution in [0, 0.1) is 11.3 Å². The summed E-state index contributed by atoms with van der Waals surface area (Å²) in [4.78, 5) is 0. The van der Waals surface area contributed by atoms with Gasteiger partial charge in [-0.05, 0) is 12.1 Å². The number of aromatic nitrogens is 1. The maximum absolute atomic E-state index is 8.85. The first-order valence-electron chi connectivity index (χ1n) is 3.87. The fraction of sp³-hybridized carbons (Fsp3) is 0.100. The molecule has 3 heteroatoms. The first-order valence-corrected chi connectivity index (χ1v) is 4.25. The smallest absolute Gasteiger partial charge is 0.0999 e. The third-order valence-corrected chi connectivity index (χ3v) is 2.38. The number of nitrogens with zero attached hydrogens (tertiary/aromatic N) is 2. The Morgan fingerprint density at radius 3 is 2.92 bits per heavy atom. The molecule has 64 valence electrons. The number of rotatable bonds is 0. The average molecular weight is 191 g/mol. The van der Waals surface area contributed by atoms with Crippen LogP contribution in [0.25, 0.3) is 10.9 Å². The monoisotopic (exact) mass is 190 g/mol. The van der Waals surface area contributed by atoms with Gasteiger partial charge in [-0.3, -0.25) is 0 Å². The quantitative estimate of drug-likeness (QED) is 0.628. The Morgan fingerprint density at radius 1 is 1.46 bits per heavy atom. The molecular weight excluding hydrogens is 184 g/mol. The van der Waals surface area contributed by atoms with E-state index < -0.39 is 0 Å². The van der Waals surface area contributed by atoms with Crippen molar-refractivity contribution < 1.29 is 0 Å². The van der Waals surface area contributed by atoms with E-state index >= 15 is 0 Å². The van der Waals surface area contributed by atoms with E-state index in [9.17, 15) is 0 Å². The van der Waals surface area contributed by atoms with Crippen molar-refractivity contribution in [2.45, 2.75) is 0 Å². The molecule has 0 saturated heterocycles. The molecule has 0 bridgehead atoms. The van der Waals surface area contributed by atoms with Crippen molar-refractivity contribution in [2.75, 3.05) is 0 Å². The topological polar surface area (TPSA) is 28.7 Å². The number of hydrogen-bond acceptors (Lipinski definition) is 1. The summed E-state index contributed by atoms with van der Waals surface area (Å²) >= 11 is 5.99. The van der Waals surface area contributed by atoms with Crippen molar-refractivity contribution in [2.24, 2.45) is 7.05 Å². The van der Waals surface area contributed by atoms with Gasteiger partial charge in [0.1, 0.15) is 0 Å². The first-order chi connectivity index (χ1) is 6.24. The van der Waals surface area contributed by atoms with E-state index in [2.05, 4.69) is 6.07 Å². The van der Waals surface area contributed by atoms with E-state index in [1.807, 2.05) is 29.9 Å². The number of aryl methyl sites for hydroxylation is 1. The molecule has 0 atom stereocenters. The minimum atomic E-state index is 0.628. The summed E-state index contributed by atoms with van der Waals surface area (Å²) in [5.74, 6) is 0. The molecule has 1 aromatic heterocycles. The highest BCUT2D eigenvalue weighted by atomic mass is 35.5. The molecular formula is C10H7ClN2. The van der Waals surface area contributed by atoms with Crippen molar-refractivity contribution in [3.8, 4) is 6.07 Å². The molecule has 1 aromatic carbocycles. The van der Waals surface area contributed by atoms with Crippen molar-refractivity contribution in [1.29, 1.82) is 5.26 Å². The van der Waals surface area contributed by atoms with E-state index in [0.29, 0.717) is 10.6 Å². The second kappa shape index (κ2) is 2.79. The lowest BCUT2D eigenvalue weighted by Gasteiger charge is -1.95. The number of fused-ring (bicyclic) bond motifs is 1. The third kappa shape index (κ3) is 1.09. The zero-order chi connectivity index (χ0) is 9.42. The summed E-state index contributed by atoms with van der Waals surface area (Å²) in [5.41, 5.74) is 1.62. The van der Waals surface area contributed by atoms with E-state index in [1.54, 1.807) is 6.07 Å². The van der Waals surface area contributed by atoms with E-state index in [4.69, 9.17) is 16.9 Å². The predicted octanol–water partition coefficient (Wildman–Crippen LogP) is 2.70. The molecule has 0 unspecified atom stereocenters. The lowest BCUT2D eigenvalue weighted by Crippen LogP contribution is -1.83. The number of nitriles is 1. The molecule has 0 spiro atoms. The van der Waals surface area contributed by atoms with Gasteiger partial charge in [-0.15, -0.1) is 0 Å². The number of halogens is 1. The van der Waals surface area contributed by atoms with Gasteiger partial charge in [0.15, 0.2) is 0 Å². The Hall–Kier alpha value is -1.46. The van der Waals surface area contributed by atoms with Crippen LogP contribution < -0.4 is 0 Å². The molecule has 1 heterocycles. The van der Waals surface area contributed by atoms with Gasteiger partial charge in [0.2, 0.25) is 0 Å². The van der Waals surface area contributed by atoms with Crippen LogP contribution in [-0.4, -0.2) is 4.57 Å². The van der Waals surface area contributed by atoms with Crippen molar-refractivity contribution in [1.82, 2.24) is 4.57 Å². The molecule has 0 fully saturated rings. The van der Waals surface area contributed by atoms with Gasteiger partial charge in [0, 0.05) is 18.6 Å². The summed E-state index contributed by atoms with van der Waals surface area (Å²) in [7, 11) is 1.91. The van der Waals surface area contributed by atoms with Gasteiger partial charge in [0.25, 0.3) is 0 Å². The molecule has 0 saturated carbocycles. The zero-order valence-electron chi connectivity index (χ0n) is 7.08. The highest BCUT2D eigenvalue weighted by molar-refractivity contribution is 6.36. The van der Waals surface area contributed by atoms with Crippen molar-refractivity contribution in [3.63, 3.8) is 0 Å². The maximum atomic E-state index is 8.85. The maximum Gasteiger partial charge on any atom is 0.0999 e. The highest BCUT2D eigenvalue weighted by Crippen LogP contribution is 2.27. The number of benzene rings is 1. The van der Waals surface area contributed by atoms with E-state index in [1.165, 1.54) is 0 Å². The lowest BCUT2D eigenvalue weighted by molar-refractivity contribution is 0.969. The van der Waals surface area contributed by atoms with Gasteiger partial charge in [-0.2, -0.15) is 5.26 Å². The fourth-order valence-corrected chi connectivity index (χ4v) is 1.83. The molecule has 2 aromatic rings. The van der Waals surface area contributed by atoms with Crippen LogP contribution in [0.3, 0.4) is 0 Å². The average Bonchev–Trinajstić information content (AvgIpc) is 2.43. The SMILES string of the molecule is Cn1cc(Cl)c2c(C#N)cccc21. The van der Waals surface area contributed by atoms with Crippen molar-refractivity contribution in [3.05, 3.63) is 35.0 Å². The van der Waals surface area contributed by atoms with E-state index in [-0.39, 0.29) is 0 Å². The minimum Gasteiger partial charge on any atom is -0.349 e. The van der Waals surface area contributed by atoms with Crippen LogP contribution in [0.15, 0.2) is 24.4 Å². The molecule has 0 N–H and O–H groups in total. The van der Waals surface area contributed by atoms with Crippen LogP contribution >= 0.6 is 11.6 Å². The summed E-state index contributed by atoms with van der Waals surface area (Å²) in [6.07, 6.45) is 1.81. The van der Waals surface area contributed by atoms with Crippen LogP contribution in [0.5, 0.6) is 0 Å². The Balaban J connectivity index is 2.99. The summed E-state index contributed by atoms with van der Waals surface area (Å²) in [6, 6.07) is 7.70. The normalized spacial score (nSPS) is 10.2. The standard InChI is InChI=1S/C10H7ClN2/c1-13-6-8(11)10-7(5-12)3-2-4-9(10)13/h2-4,6H,1H3. The molecule has 0 aliphatic carbocycles. The predicted molar refractivity (Wildman–Crippen MR) is 52.6 cm³/mol. The number of hydrogen-bond donors (Lipinski definition) is 0. The van der Waals surface area contributed by atoms with Crippen molar-refractivity contribution >= 4 is 22.5 Å². The summed E-state index contributed by atoms with van der Waals surface area (Å²) < 4.78 is 1.92. The zero-order valence-corrected chi connectivity index (χ0v) is 7.84. The largest absolute Gasteiger partial charge is 0.349 e. The summed E-state index contributed by atoms with van der Waals surface area (Å²) in [5, 5.41) is 10.3. The Morgan fingerprint density at radius 2 is 2.23 bits per heavy atom. The van der Waals surface area contributed by atoms with Gasteiger partial charge in [-0.1, -0.05) is 17.7 Å². The molecule has 0 amide bonds. The van der Waals surface area contributed by atoms with Crippen LogP contribution in [0.2, 0.25) is 5.02 Å². The first kappa shape index (κ1) is 8.15. The van der Waals surface area contributed by atoms with Crippen LogP contribution in [0.4, 0.5) is 0 Å². The second-order valence-electron chi connectivity index (χ2n) is 2.90. The third-order valence-electron chi connectivity index (χ3n) is 2.09. The Bertz CT molecular complexity index is 505. The Labute approximate surface area is 81.0 Å². The molecule has 2 nitrogen and oxygen atoms in total. The van der Waals surface area contributed by atoms with E-state index in [0.717, 1.165) is 10.9 Å². The van der Waals surface area contributed by atoms with Gasteiger partial charge in [-0.25, -0.2) is 0 Å². The second-order valence-corrected chi connectivity index (χ2v) is 3.31. The van der Waals surface area contributed by atoms with Gasteiger partial charge >= 0.3 is 0 Å². The molecule has 13 heavy (non-hydrogen) atoms. The lowest BCUT2D eigenvalue weighted by atomic mass is 10.1. The molecule has 0 aliphatic rings. The highest BCUT2D eigenvalue weighted by Gasteiger charge is 2.07. The minimum absolute atomic E-state index is 0.628. The molecule has 0 radical (unpaired) electrons. The Kier molecular flexibility index (Phi) is 1.75. The van der Waals surface area contributed by atoms with Crippen LogP contribution in [-0.2, 0) is 7.05 Å². The van der Waals surface area contributed by atoms with Crippen LogP contribution in [0.1, 0.15) is 5.56 Å². The molecule has 0 aliphatic heterocycles. The molecule has 2 rings (SSSR count). The van der Waals surface area contributed by atoms with Gasteiger partial charge < -0.3 is 4.57 Å². The summed E-state index contributed by atoms with van der Waals surface area (Å²) in [6.45, 7) is 0.